The number of nitrogens with zero attached hydrogens (tertiary/aromatic N) is 3. The van der Waals surface area contributed by atoms with Gasteiger partial charge in [0.05, 0.1) is 4.88 Å². The van der Waals surface area contributed by atoms with E-state index in [1.54, 1.807) is 6.92 Å². The molecule has 0 spiro atoms. The largest absolute Gasteiger partial charge is 0.337 e. The van der Waals surface area contributed by atoms with Crippen LogP contribution in [0.1, 0.15) is 18.4 Å². The smallest absolute Gasteiger partial charge is 0.325 e. The van der Waals surface area contributed by atoms with Crippen LogP contribution < -0.4 is 5.32 Å². The van der Waals surface area contributed by atoms with Crippen LogP contribution in [0.25, 0.3) is 21.5 Å². The molecule has 3 heterocycles. The molecule has 7 nitrogen and oxygen atoms in total. The van der Waals surface area contributed by atoms with E-state index in [0.29, 0.717) is 5.82 Å². The third-order valence-corrected chi connectivity index (χ3v) is 5.97. The summed E-state index contributed by atoms with van der Waals surface area (Å²) < 4.78 is 5.25. The van der Waals surface area contributed by atoms with E-state index in [1.807, 2.05) is 60.0 Å². The number of amides is 3. The van der Waals surface area contributed by atoms with Crippen molar-refractivity contribution in [1.29, 1.82) is 0 Å². The Bertz CT molecular complexity index is 1230. The molecule has 3 amide bonds. The molecule has 2 aromatic heterocycles. The van der Waals surface area contributed by atoms with Crippen LogP contribution in [0.15, 0.2) is 64.5 Å². The van der Waals surface area contributed by atoms with Gasteiger partial charge in [-0.3, -0.25) is 9.69 Å². The molecule has 1 atom stereocenters. The quantitative estimate of drug-likeness (QED) is 0.521. The first kappa shape index (κ1) is 17.6. The molecule has 144 valence electrons. The minimum atomic E-state index is -1.16. The summed E-state index contributed by atoms with van der Waals surface area (Å²) in [5.74, 6) is 0.299. The molecule has 1 aliphatic heterocycles. The average molecular weight is 404 g/mol. The van der Waals surface area contributed by atoms with Crippen molar-refractivity contribution in [2.45, 2.75) is 19.0 Å². The summed E-state index contributed by atoms with van der Waals surface area (Å²) in [5, 5.41) is 10.7. The van der Waals surface area contributed by atoms with Crippen LogP contribution in [-0.4, -0.2) is 27.0 Å². The van der Waals surface area contributed by atoms with E-state index in [1.165, 1.54) is 11.3 Å². The van der Waals surface area contributed by atoms with Crippen LogP contribution >= 0.6 is 11.3 Å². The van der Waals surface area contributed by atoms with Gasteiger partial charge in [0, 0.05) is 0 Å². The molecule has 29 heavy (non-hydrogen) atoms. The Kier molecular flexibility index (Phi) is 3.95. The second kappa shape index (κ2) is 6.52. The number of carbonyl (C=O) groups is 2. The maximum atomic E-state index is 13.2. The lowest BCUT2D eigenvalue weighted by Crippen LogP contribution is -2.40. The number of aromatic nitrogens is 2. The molecule has 1 unspecified atom stereocenters. The van der Waals surface area contributed by atoms with E-state index in [0.717, 1.165) is 26.1 Å². The zero-order valence-electron chi connectivity index (χ0n) is 15.5. The van der Waals surface area contributed by atoms with E-state index in [9.17, 15) is 9.59 Å². The second-order valence-corrected chi connectivity index (χ2v) is 7.95. The van der Waals surface area contributed by atoms with Crippen molar-refractivity contribution in [3.05, 3.63) is 71.4 Å². The Morgan fingerprint density at radius 3 is 2.72 bits per heavy atom. The zero-order chi connectivity index (χ0) is 20.0. The predicted molar refractivity (Wildman–Crippen MR) is 108 cm³/mol. The number of nitrogens with one attached hydrogen (secondary N) is 1. The van der Waals surface area contributed by atoms with E-state index in [4.69, 9.17) is 4.52 Å². The van der Waals surface area contributed by atoms with Crippen molar-refractivity contribution in [1.82, 2.24) is 20.4 Å². The summed E-state index contributed by atoms with van der Waals surface area (Å²) in [7, 11) is 0. The van der Waals surface area contributed by atoms with Crippen LogP contribution in [-0.2, 0) is 16.9 Å². The first-order chi connectivity index (χ1) is 14.0. The van der Waals surface area contributed by atoms with Crippen molar-refractivity contribution < 1.29 is 14.1 Å². The fraction of sp³-hybridized carbons (Fsp3) is 0.143. The fourth-order valence-electron chi connectivity index (χ4n) is 3.50. The number of benzene rings is 2. The molecular formula is C21H16N4O3S. The molecule has 1 N–H and O–H groups in total. The first-order valence-electron chi connectivity index (χ1n) is 9.04. The number of hydrogen-bond acceptors (Lipinski definition) is 6. The number of carbonyl (C=O) groups excluding carboxylic acids is 2. The molecule has 2 aromatic carbocycles. The van der Waals surface area contributed by atoms with Crippen molar-refractivity contribution >= 4 is 34.0 Å². The van der Waals surface area contributed by atoms with Crippen LogP contribution in [0.3, 0.4) is 0 Å². The van der Waals surface area contributed by atoms with Gasteiger partial charge in [-0.1, -0.05) is 47.6 Å². The first-order valence-corrected chi connectivity index (χ1v) is 9.92. The summed E-state index contributed by atoms with van der Waals surface area (Å²) in [6.45, 7) is 1.63. The second-order valence-electron chi connectivity index (χ2n) is 7.00. The highest BCUT2D eigenvalue weighted by Crippen LogP contribution is 2.32. The lowest BCUT2D eigenvalue weighted by atomic mass is 9.90. The van der Waals surface area contributed by atoms with Gasteiger partial charge in [-0.15, -0.1) is 11.3 Å². The molecule has 1 fully saturated rings. The lowest BCUT2D eigenvalue weighted by molar-refractivity contribution is -0.131. The van der Waals surface area contributed by atoms with Gasteiger partial charge in [0.2, 0.25) is 11.7 Å². The number of imide groups is 1. The molecule has 1 saturated heterocycles. The number of thiophene rings is 1. The Morgan fingerprint density at radius 1 is 1.10 bits per heavy atom. The van der Waals surface area contributed by atoms with Gasteiger partial charge in [-0.25, -0.2) is 4.79 Å². The van der Waals surface area contributed by atoms with Crippen LogP contribution in [0.5, 0.6) is 0 Å². The number of rotatable bonds is 4. The minimum absolute atomic E-state index is 0.0772. The highest BCUT2D eigenvalue weighted by Gasteiger charge is 2.49. The Hall–Kier alpha value is -3.52. The minimum Gasteiger partial charge on any atom is -0.337 e. The highest BCUT2D eigenvalue weighted by molar-refractivity contribution is 7.13. The van der Waals surface area contributed by atoms with E-state index in [2.05, 4.69) is 15.5 Å². The summed E-state index contributed by atoms with van der Waals surface area (Å²) in [6, 6.07) is 16.9. The van der Waals surface area contributed by atoms with Crippen LogP contribution in [0.4, 0.5) is 4.79 Å². The van der Waals surface area contributed by atoms with Crippen molar-refractivity contribution in [3.8, 4) is 10.7 Å². The van der Waals surface area contributed by atoms with Crippen molar-refractivity contribution in [2.75, 3.05) is 0 Å². The molecular weight excluding hydrogens is 388 g/mol. The van der Waals surface area contributed by atoms with Gasteiger partial charge < -0.3 is 9.84 Å². The molecule has 5 rings (SSSR count). The van der Waals surface area contributed by atoms with E-state index >= 15 is 0 Å². The maximum Gasteiger partial charge on any atom is 0.325 e. The Morgan fingerprint density at radius 2 is 1.93 bits per heavy atom. The fourth-order valence-corrected chi connectivity index (χ4v) is 4.15. The maximum absolute atomic E-state index is 13.2. The average Bonchev–Trinajstić information content (AvgIpc) is 3.46. The predicted octanol–water partition coefficient (Wildman–Crippen LogP) is 3.92. The molecule has 4 aromatic rings. The molecule has 0 saturated carbocycles. The molecule has 8 heteroatoms. The van der Waals surface area contributed by atoms with Crippen LogP contribution in [0.2, 0.25) is 0 Å². The SMILES string of the molecule is CC1(c2ccc3ccccc3c2)NC(=O)N(Cc2nc(-c3cccs3)no2)C1=O. The van der Waals surface area contributed by atoms with Crippen LogP contribution in [0, 0.1) is 0 Å². The number of urea groups is 1. The van der Waals surface area contributed by atoms with Gasteiger partial charge in [-0.05, 0) is 40.8 Å². The molecule has 0 aliphatic carbocycles. The Labute approximate surface area is 170 Å². The molecule has 0 radical (unpaired) electrons. The van der Waals surface area contributed by atoms with Gasteiger partial charge >= 0.3 is 6.03 Å². The number of hydrogen-bond donors (Lipinski definition) is 1. The summed E-state index contributed by atoms with van der Waals surface area (Å²) in [4.78, 5) is 32.0. The van der Waals surface area contributed by atoms with Gasteiger partial charge in [0.25, 0.3) is 5.91 Å². The lowest BCUT2D eigenvalue weighted by Gasteiger charge is -2.22. The monoisotopic (exact) mass is 404 g/mol. The van der Waals surface area contributed by atoms with Gasteiger partial charge in [0.1, 0.15) is 12.1 Å². The van der Waals surface area contributed by atoms with E-state index < -0.39 is 11.6 Å². The zero-order valence-corrected chi connectivity index (χ0v) is 16.3. The third kappa shape index (κ3) is 2.89. The summed E-state index contributed by atoms with van der Waals surface area (Å²) in [5.41, 5.74) is -0.431. The topological polar surface area (TPSA) is 88.3 Å². The van der Waals surface area contributed by atoms with Gasteiger partial charge in [-0.2, -0.15) is 4.98 Å². The highest BCUT2D eigenvalue weighted by atomic mass is 32.1. The number of fused-ring (bicyclic) bond motifs is 1. The molecule has 1 aliphatic rings. The van der Waals surface area contributed by atoms with E-state index in [-0.39, 0.29) is 18.3 Å². The van der Waals surface area contributed by atoms with Gasteiger partial charge in [0.15, 0.2) is 0 Å². The normalized spacial score (nSPS) is 19.1. The van der Waals surface area contributed by atoms with Crippen molar-refractivity contribution in [2.24, 2.45) is 0 Å². The Balaban J connectivity index is 1.43. The summed E-state index contributed by atoms with van der Waals surface area (Å²) >= 11 is 1.49. The van der Waals surface area contributed by atoms with Crippen molar-refractivity contribution in [3.63, 3.8) is 0 Å². The standard InChI is InChI=1S/C21H16N4O3S/c1-21(15-9-8-13-5-2-3-6-14(13)11-15)19(26)25(20(27)23-21)12-17-22-18(24-28-17)16-7-4-10-29-16/h2-11H,12H2,1H3,(H,23,27). The summed E-state index contributed by atoms with van der Waals surface area (Å²) in [6.07, 6.45) is 0. The molecule has 0 bridgehead atoms. The third-order valence-electron chi connectivity index (χ3n) is 5.10.